The van der Waals surface area contributed by atoms with Crippen molar-refractivity contribution >= 4 is 6.09 Å². The van der Waals surface area contributed by atoms with Crippen LogP contribution in [0.25, 0.3) is 0 Å². The summed E-state index contributed by atoms with van der Waals surface area (Å²) in [5.74, 6) is 0. The van der Waals surface area contributed by atoms with Gasteiger partial charge in [-0.15, -0.1) is 0 Å². The fourth-order valence-electron chi connectivity index (χ4n) is 1.37. The lowest BCUT2D eigenvalue weighted by Crippen LogP contribution is -2.43. The summed E-state index contributed by atoms with van der Waals surface area (Å²) in [6, 6.07) is 0. The van der Waals surface area contributed by atoms with Crippen molar-refractivity contribution < 1.29 is 19.4 Å². The monoisotopic (exact) mass is 204 g/mol. The summed E-state index contributed by atoms with van der Waals surface area (Å²) in [5, 5.41) is 8.91. The van der Waals surface area contributed by atoms with Gasteiger partial charge in [0.2, 0.25) is 0 Å². The predicted molar refractivity (Wildman–Crippen MR) is 48.8 cm³/mol. The predicted octanol–water partition coefficient (Wildman–Crippen LogP) is -1.23. The molecular weight excluding hydrogens is 188 g/mol. The molecule has 0 aromatic heterocycles. The van der Waals surface area contributed by atoms with Crippen LogP contribution in [0.4, 0.5) is 4.79 Å². The number of nitrogens with zero attached hydrogens (tertiary/aromatic N) is 1. The number of ether oxygens (including phenoxy) is 2. The van der Waals surface area contributed by atoms with Crippen LogP contribution < -0.4 is 5.73 Å². The molecule has 1 saturated heterocycles. The number of amides is 1. The van der Waals surface area contributed by atoms with Gasteiger partial charge >= 0.3 is 6.09 Å². The molecule has 14 heavy (non-hydrogen) atoms. The summed E-state index contributed by atoms with van der Waals surface area (Å²) in [6.07, 6.45) is -1.39. The van der Waals surface area contributed by atoms with Crippen LogP contribution in [0.1, 0.15) is 0 Å². The second kappa shape index (κ2) is 5.79. The van der Waals surface area contributed by atoms with Crippen molar-refractivity contribution in [2.45, 2.75) is 6.10 Å². The van der Waals surface area contributed by atoms with Crippen molar-refractivity contribution in [2.75, 3.05) is 39.5 Å². The number of carbonyl (C=O) groups is 1. The average Bonchev–Trinajstić information content (AvgIpc) is 2.17. The van der Waals surface area contributed by atoms with Crippen molar-refractivity contribution in [1.82, 2.24) is 4.90 Å². The molecule has 1 aliphatic rings. The van der Waals surface area contributed by atoms with Gasteiger partial charge in [0, 0.05) is 19.6 Å². The Morgan fingerprint density at radius 2 is 2.21 bits per heavy atom. The van der Waals surface area contributed by atoms with E-state index in [0.717, 1.165) is 13.1 Å². The first-order chi connectivity index (χ1) is 6.72. The van der Waals surface area contributed by atoms with E-state index in [1.54, 1.807) is 0 Å². The quantitative estimate of drug-likeness (QED) is 0.599. The third kappa shape index (κ3) is 3.91. The number of nitrogens with two attached hydrogens (primary N) is 1. The van der Waals surface area contributed by atoms with Gasteiger partial charge in [0.05, 0.1) is 19.8 Å². The minimum Gasteiger partial charge on any atom is -0.443 e. The van der Waals surface area contributed by atoms with Gasteiger partial charge < -0.3 is 20.3 Å². The summed E-state index contributed by atoms with van der Waals surface area (Å²) >= 11 is 0. The van der Waals surface area contributed by atoms with Gasteiger partial charge in [-0.05, 0) is 0 Å². The topological polar surface area (TPSA) is 85.0 Å². The van der Waals surface area contributed by atoms with E-state index in [4.69, 9.17) is 20.3 Å². The Labute approximate surface area is 82.6 Å². The molecule has 1 unspecified atom stereocenters. The van der Waals surface area contributed by atoms with Gasteiger partial charge in [-0.2, -0.15) is 0 Å². The Kier molecular flexibility index (Phi) is 4.64. The molecule has 0 spiro atoms. The molecule has 0 aromatic carbocycles. The van der Waals surface area contributed by atoms with Gasteiger partial charge in [0.25, 0.3) is 0 Å². The third-order valence-corrected chi connectivity index (χ3v) is 2.05. The molecule has 1 fully saturated rings. The number of morpholine rings is 1. The Morgan fingerprint density at radius 3 is 2.71 bits per heavy atom. The number of primary amides is 1. The minimum atomic E-state index is -0.850. The van der Waals surface area contributed by atoms with Crippen LogP contribution in [0.5, 0.6) is 0 Å². The second-order valence-electron chi connectivity index (χ2n) is 3.15. The van der Waals surface area contributed by atoms with Crippen LogP contribution >= 0.6 is 0 Å². The number of aliphatic hydroxyl groups excluding tert-OH is 1. The highest BCUT2D eigenvalue weighted by molar-refractivity contribution is 5.64. The highest BCUT2D eigenvalue weighted by Crippen LogP contribution is 2.01. The summed E-state index contributed by atoms with van der Waals surface area (Å²) in [6.45, 7) is 3.23. The normalized spacial score (nSPS) is 20.4. The Bertz CT molecular complexity index is 182. The lowest BCUT2D eigenvalue weighted by Gasteiger charge is -2.29. The number of hydrogen-bond donors (Lipinski definition) is 2. The smallest absolute Gasteiger partial charge is 0.404 e. The summed E-state index contributed by atoms with van der Waals surface area (Å²) in [5.41, 5.74) is 4.86. The second-order valence-corrected chi connectivity index (χ2v) is 3.15. The maximum absolute atomic E-state index is 10.5. The molecule has 6 heteroatoms. The Balaban J connectivity index is 2.27. The number of aliphatic hydroxyl groups is 1. The standard InChI is InChI=1S/C8H16N2O4/c9-8(12)14-7(6-11)5-10-1-3-13-4-2-10/h7,11H,1-6H2,(H2,9,12). The SMILES string of the molecule is NC(=O)OC(CO)CN1CCOCC1. The maximum Gasteiger partial charge on any atom is 0.404 e. The van der Waals surface area contributed by atoms with Crippen LogP contribution in [0.2, 0.25) is 0 Å². The maximum atomic E-state index is 10.5. The minimum absolute atomic E-state index is 0.208. The average molecular weight is 204 g/mol. The van der Waals surface area contributed by atoms with E-state index >= 15 is 0 Å². The lowest BCUT2D eigenvalue weighted by molar-refractivity contribution is -0.00384. The summed E-state index contributed by atoms with van der Waals surface area (Å²) in [4.78, 5) is 12.5. The van der Waals surface area contributed by atoms with E-state index in [2.05, 4.69) is 4.90 Å². The van der Waals surface area contributed by atoms with Crippen LogP contribution in [-0.2, 0) is 9.47 Å². The Hall–Kier alpha value is -0.850. The molecule has 82 valence electrons. The molecular formula is C8H16N2O4. The molecule has 3 N–H and O–H groups in total. The first-order valence-electron chi connectivity index (χ1n) is 4.59. The molecule has 1 aliphatic heterocycles. The van der Waals surface area contributed by atoms with Crippen molar-refractivity contribution in [1.29, 1.82) is 0 Å². The van der Waals surface area contributed by atoms with E-state index in [1.807, 2.05) is 0 Å². The van der Waals surface area contributed by atoms with E-state index in [-0.39, 0.29) is 6.61 Å². The van der Waals surface area contributed by atoms with Crippen molar-refractivity contribution in [3.05, 3.63) is 0 Å². The molecule has 0 radical (unpaired) electrons. The fourth-order valence-corrected chi connectivity index (χ4v) is 1.37. The zero-order valence-electron chi connectivity index (χ0n) is 8.02. The molecule has 1 amide bonds. The van der Waals surface area contributed by atoms with Crippen molar-refractivity contribution in [2.24, 2.45) is 5.73 Å². The first kappa shape index (κ1) is 11.2. The van der Waals surface area contributed by atoms with Gasteiger partial charge in [0.1, 0.15) is 6.10 Å². The summed E-state index contributed by atoms with van der Waals surface area (Å²) < 4.78 is 9.87. The number of rotatable bonds is 4. The zero-order chi connectivity index (χ0) is 10.4. The van der Waals surface area contributed by atoms with Gasteiger partial charge in [-0.3, -0.25) is 4.90 Å². The highest BCUT2D eigenvalue weighted by Gasteiger charge is 2.18. The number of hydrogen-bond acceptors (Lipinski definition) is 5. The summed E-state index contributed by atoms with van der Waals surface area (Å²) in [7, 11) is 0. The fraction of sp³-hybridized carbons (Fsp3) is 0.875. The first-order valence-corrected chi connectivity index (χ1v) is 4.59. The molecule has 0 aliphatic carbocycles. The largest absolute Gasteiger partial charge is 0.443 e. The van der Waals surface area contributed by atoms with E-state index in [0.29, 0.717) is 19.8 Å². The van der Waals surface area contributed by atoms with Crippen molar-refractivity contribution in [3.8, 4) is 0 Å². The molecule has 1 rings (SSSR count). The van der Waals surface area contributed by atoms with E-state index in [9.17, 15) is 4.79 Å². The van der Waals surface area contributed by atoms with Gasteiger partial charge in [-0.1, -0.05) is 0 Å². The van der Waals surface area contributed by atoms with Crippen LogP contribution in [0.15, 0.2) is 0 Å². The van der Waals surface area contributed by atoms with E-state index in [1.165, 1.54) is 0 Å². The number of carbonyl (C=O) groups excluding carboxylic acids is 1. The molecule has 1 atom stereocenters. The van der Waals surface area contributed by atoms with Gasteiger partial charge in [0.15, 0.2) is 0 Å². The zero-order valence-corrected chi connectivity index (χ0v) is 8.02. The highest BCUT2D eigenvalue weighted by atomic mass is 16.6. The van der Waals surface area contributed by atoms with Crippen LogP contribution in [-0.4, -0.2) is 61.7 Å². The third-order valence-electron chi connectivity index (χ3n) is 2.05. The molecule has 1 heterocycles. The van der Waals surface area contributed by atoms with Crippen molar-refractivity contribution in [3.63, 3.8) is 0 Å². The molecule has 0 aromatic rings. The van der Waals surface area contributed by atoms with Gasteiger partial charge in [-0.25, -0.2) is 4.79 Å². The lowest BCUT2D eigenvalue weighted by atomic mass is 10.3. The Morgan fingerprint density at radius 1 is 1.57 bits per heavy atom. The van der Waals surface area contributed by atoms with Crippen LogP contribution in [0, 0.1) is 0 Å². The van der Waals surface area contributed by atoms with E-state index < -0.39 is 12.2 Å². The molecule has 0 saturated carbocycles. The molecule has 6 nitrogen and oxygen atoms in total. The van der Waals surface area contributed by atoms with Crippen LogP contribution in [0.3, 0.4) is 0 Å². The molecule has 0 bridgehead atoms.